The van der Waals surface area contributed by atoms with E-state index >= 15 is 0 Å². The van der Waals surface area contributed by atoms with Gasteiger partial charge in [0.25, 0.3) is 0 Å². The lowest BCUT2D eigenvalue weighted by atomic mass is 10.1. The average Bonchev–Trinajstić information content (AvgIpc) is 2.00. The van der Waals surface area contributed by atoms with Crippen LogP contribution < -0.4 is 16.0 Å². The van der Waals surface area contributed by atoms with Crippen molar-refractivity contribution in [2.24, 2.45) is 0 Å². The predicted molar refractivity (Wildman–Crippen MR) is 59.6 cm³/mol. The predicted octanol–water partition coefficient (Wildman–Crippen LogP) is 0.609. The Bertz CT molecular complexity index is 233. The van der Waals surface area contributed by atoms with Gasteiger partial charge in [0.2, 0.25) is 5.91 Å². The van der Waals surface area contributed by atoms with E-state index in [-0.39, 0.29) is 17.5 Å². The highest BCUT2D eigenvalue weighted by Gasteiger charge is 2.18. The summed E-state index contributed by atoms with van der Waals surface area (Å²) in [6, 6.07) is -0.853. The molecule has 1 unspecified atom stereocenters. The second-order valence-corrected chi connectivity index (χ2v) is 4.46. The molecule has 0 aliphatic carbocycles. The molecule has 0 saturated carbocycles. The van der Waals surface area contributed by atoms with Crippen LogP contribution in [0.4, 0.5) is 4.79 Å². The first-order valence-electron chi connectivity index (χ1n) is 5.12. The second-order valence-electron chi connectivity index (χ2n) is 4.46. The summed E-state index contributed by atoms with van der Waals surface area (Å²) in [5, 5.41) is 7.91. The van der Waals surface area contributed by atoms with Crippen molar-refractivity contribution in [1.29, 1.82) is 0 Å². The molecule has 3 amide bonds. The molecule has 0 heterocycles. The number of hydrogen-bond acceptors (Lipinski definition) is 2. The van der Waals surface area contributed by atoms with Gasteiger partial charge in [0, 0.05) is 12.1 Å². The van der Waals surface area contributed by atoms with Crippen LogP contribution in [0.3, 0.4) is 0 Å². The summed E-state index contributed by atoms with van der Waals surface area (Å²) in [5.74, 6) is -0.179. The quantitative estimate of drug-likeness (QED) is 0.645. The number of hydrogen-bond donors (Lipinski definition) is 3. The molecule has 0 aliphatic rings. The summed E-state index contributed by atoms with van der Waals surface area (Å²) in [6.07, 6.45) is 0. The summed E-state index contributed by atoms with van der Waals surface area (Å²) < 4.78 is 0. The molecule has 5 heteroatoms. The highest BCUT2D eigenvalue weighted by Crippen LogP contribution is 1.97. The molecule has 0 saturated heterocycles. The van der Waals surface area contributed by atoms with E-state index in [0.29, 0.717) is 6.54 Å². The molecule has 0 rings (SSSR count). The maximum Gasteiger partial charge on any atom is 0.315 e. The monoisotopic (exact) mass is 215 g/mol. The Morgan fingerprint density at radius 3 is 2.20 bits per heavy atom. The highest BCUT2D eigenvalue weighted by atomic mass is 16.2. The minimum Gasteiger partial charge on any atom is -0.355 e. The van der Waals surface area contributed by atoms with Crippen molar-refractivity contribution in [3.63, 3.8) is 0 Å². The van der Waals surface area contributed by atoms with Crippen molar-refractivity contribution >= 4 is 11.9 Å². The smallest absolute Gasteiger partial charge is 0.315 e. The molecule has 0 fully saturated rings. The highest BCUT2D eigenvalue weighted by molar-refractivity contribution is 5.86. The van der Waals surface area contributed by atoms with Crippen LogP contribution in [0.2, 0.25) is 0 Å². The fourth-order valence-electron chi connectivity index (χ4n) is 0.966. The minimum absolute atomic E-state index is 0.179. The Morgan fingerprint density at radius 2 is 1.80 bits per heavy atom. The van der Waals surface area contributed by atoms with E-state index in [0.717, 1.165) is 0 Å². The van der Waals surface area contributed by atoms with Gasteiger partial charge >= 0.3 is 6.03 Å². The maximum absolute atomic E-state index is 11.4. The third kappa shape index (κ3) is 6.76. The third-order valence-corrected chi connectivity index (χ3v) is 1.58. The lowest BCUT2D eigenvalue weighted by Crippen LogP contribution is -2.52. The summed E-state index contributed by atoms with van der Waals surface area (Å²) in [4.78, 5) is 22.7. The number of urea groups is 1. The molecule has 0 aromatic carbocycles. The van der Waals surface area contributed by atoms with E-state index in [4.69, 9.17) is 0 Å². The molecule has 0 aromatic heterocycles. The van der Waals surface area contributed by atoms with Crippen LogP contribution in [0.5, 0.6) is 0 Å². The van der Waals surface area contributed by atoms with Gasteiger partial charge in [0.05, 0.1) is 0 Å². The molecule has 15 heavy (non-hydrogen) atoms. The van der Waals surface area contributed by atoms with Gasteiger partial charge in [0.15, 0.2) is 0 Å². The number of likely N-dealkylation sites (N-methyl/N-ethyl adjacent to an activating group) is 1. The van der Waals surface area contributed by atoms with Crippen molar-refractivity contribution in [2.75, 3.05) is 6.54 Å². The Morgan fingerprint density at radius 1 is 1.27 bits per heavy atom. The normalized spacial score (nSPS) is 12.9. The zero-order chi connectivity index (χ0) is 12.1. The van der Waals surface area contributed by atoms with Gasteiger partial charge < -0.3 is 16.0 Å². The summed E-state index contributed by atoms with van der Waals surface area (Å²) in [5.41, 5.74) is -0.301. The second kappa shape index (κ2) is 5.58. The van der Waals surface area contributed by atoms with Gasteiger partial charge in [-0.05, 0) is 34.6 Å². The Hall–Kier alpha value is -1.26. The van der Waals surface area contributed by atoms with Crippen molar-refractivity contribution in [1.82, 2.24) is 16.0 Å². The number of carbonyl (C=O) groups is 2. The summed E-state index contributed by atoms with van der Waals surface area (Å²) in [6.45, 7) is 9.68. The van der Waals surface area contributed by atoms with Crippen molar-refractivity contribution in [3.05, 3.63) is 0 Å². The van der Waals surface area contributed by atoms with Crippen LogP contribution >= 0.6 is 0 Å². The van der Waals surface area contributed by atoms with Gasteiger partial charge in [-0.2, -0.15) is 0 Å². The Balaban J connectivity index is 4.02. The fourth-order valence-corrected chi connectivity index (χ4v) is 0.966. The maximum atomic E-state index is 11.4. The first-order chi connectivity index (χ1) is 6.76. The van der Waals surface area contributed by atoms with E-state index in [1.54, 1.807) is 6.92 Å². The molecular formula is C10H21N3O2. The topological polar surface area (TPSA) is 70.2 Å². The number of rotatable bonds is 3. The van der Waals surface area contributed by atoms with E-state index in [9.17, 15) is 9.59 Å². The van der Waals surface area contributed by atoms with E-state index in [1.165, 1.54) is 0 Å². The van der Waals surface area contributed by atoms with E-state index in [1.807, 2.05) is 27.7 Å². The first kappa shape index (κ1) is 13.7. The largest absolute Gasteiger partial charge is 0.355 e. The standard InChI is InChI=1S/C10H21N3O2/c1-6-11-8(14)7(2)12-9(15)13-10(3,4)5/h7H,6H2,1-5H3,(H,11,14)(H2,12,13,15). The van der Waals surface area contributed by atoms with Gasteiger partial charge in [0.1, 0.15) is 6.04 Å². The fraction of sp³-hybridized carbons (Fsp3) is 0.800. The molecule has 0 aromatic rings. The van der Waals surface area contributed by atoms with Crippen LogP contribution in [-0.2, 0) is 4.79 Å². The summed E-state index contributed by atoms with van der Waals surface area (Å²) >= 11 is 0. The molecule has 0 bridgehead atoms. The van der Waals surface area contributed by atoms with Crippen LogP contribution in [0, 0.1) is 0 Å². The lowest BCUT2D eigenvalue weighted by Gasteiger charge is -2.22. The van der Waals surface area contributed by atoms with E-state index < -0.39 is 6.04 Å². The SMILES string of the molecule is CCNC(=O)C(C)NC(=O)NC(C)(C)C. The molecule has 0 spiro atoms. The number of carbonyl (C=O) groups excluding carboxylic acids is 2. The van der Waals surface area contributed by atoms with Crippen molar-refractivity contribution in [2.45, 2.75) is 46.2 Å². The van der Waals surface area contributed by atoms with Crippen LogP contribution in [0.15, 0.2) is 0 Å². The average molecular weight is 215 g/mol. The Labute approximate surface area is 91.0 Å². The number of amides is 3. The van der Waals surface area contributed by atoms with Gasteiger partial charge in [-0.3, -0.25) is 4.79 Å². The zero-order valence-electron chi connectivity index (χ0n) is 10.1. The van der Waals surface area contributed by atoms with Crippen molar-refractivity contribution in [3.8, 4) is 0 Å². The van der Waals surface area contributed by atoms with E-state index in [2.05, 4.69) is 16.0 Å². The molecule has 3 N–H and O–H groups in total. The number of nitrogens with one attached hydrogen (secondary N) is 3. The van der Waals surface area contributed by atoms with Gasteiger partial charge in [-0.25, -0.2) is 4.79 Å². The van der Waals surface area contributed by atoms with Gasteiger partial charge in [-0.1, -0.05) is 0 Å². The third-order valence-electron chi connectivity index (χ3n) is 1.58. The summed E-state index contributed by atoms with van der Waals surface area (Å²) in [7, 11) is 0. The zero-order valence-corrected chi connectivity index (χ0v) is 10.1. The molecule has 5 nitrogen and oxygen atoms in total. The first-order valence-corrected chi connectivity index (χ1v) is 5.12. The molecule has 1 atom stereocenters. The molecular weight excluding hydrogens is 194 g/mol. The molecule has 0 aliphatic heterocycles. The molecule has 88 valence electrons. The van der Waals surface area contributed by atoms with Crippen LogP contribution in [0.1, 0.15) is 34.6 Å². The van der Waals surface area contributed by atoms with Crippen LogP contribution in [-0.4, -0.2) is 30.1 Å². The minimum atomic E-state index is -0.521. The Kier molecular flexibility index (Phi) is 5.11. The van der Waals surface area contributed by atoms with Gasteiger partial charge in [-0.15, -0.1) is 0 Å². The lowest BCUT2D eigenvalue weighted by molar-refractivity contribution is -0.122. The molecule has 0 radical (unpaired) electrons. The van der Waals surface area contributed by atoms with Crippen molar-refractivity contribution < 1.29 is 9.59 Å². The van der Waals surface area contributed by atoms with Crippen LogP contribution in [0.25, 0.3) is 0 Å².